The molecule has 1 aromatic heterocycles. The van der Waals surface area contributed by atoms with E-state index in [1.807, 2.05) is 0 Å². The van der Waals surface area contributed by atoms with Crippen molar-refractivity contribution in [3.05, 3.63) is 28.7 Å². The number of aryl methyl sites for hydroxylation is 1. The quantitative estimate of drug-likeness (QED) is 0.741. The molecule has 0 radical (unpaired) electrons. The molecule has 114 valence electrons. The zero-order valence-corrected chi connectivity index (χ0v) is 12.4. The van der Waals surface area contributed by atoms with E-state index in [9.17, 15) is 13.2 Å². The Morgan fingerprint density at radius 2 is 2.10 bits per heavy atom. The number of benzene rings is 1. The lowest BCUT2D eigenvalue weighted by atomic mass is 10.3. The number of sulfonamides is 1. The second-order valence-corrected chi connectivity index (χ2v) is 6.95. The van der Waals surface area contributed by atoms with Crippen LogP contribution in [-0.4, -0.2) is 32.1 Å². The lowest BCUT2D eigenvalue weighted by Gasteiger charge is -2.07. The van der Waals surface area contributed by atoms with Crippen molar-refractivity contribution in [3.63, 3.8) is 0 Å². The van der Waals surface area contributed by atoms with E-state index in [0.717, 1.165) is 12.8 Å². The molecule has 0 amide bonds. The van der Waals surface area contributed by atoms with E-state index in [-0.39, 0.29) is 10.5 Å². The number of hydrogen-bond donors (Lipinski definition) is 2. The fourth-order valence-electron chi connectivity index (χ4n) is 2.11. The van der Waals surface area contributed by atoms with Crippen LogP contribution >= 0.6 is 0 Å². The van der Waals surface area contributed by atoms with Crippen LogP contribution in [0.1, 0.15) is 12.8 Å². The van der Waals surface area contributed by atoms with Gasteiger partial charge < -0.3 is 9.73 Å². The first-order chi connectivity index (χ1) is 9.97. The van der Waals surface area contributed by atoms with E-state index in [1.54, 1.807) is 13.1 Å². The summed E-state index contributed by atoms with van der Waals surface area (Å²) in [5, 5.41) is 3.23. The fourth-order valence-corrected chi connectivity index (χ4v) is 3.16. The number of hydrogen-bond acceptors (Lipinski definition) is 5. The van der Waals surface area contributed by atoms with Gasteiger partial charge in [0, 0.05) is 32.2 Å². The molecule has 0 saturated heterocycles. The predicted molar refractivity (Wildman–Crippen MR) is 77.7 cm³/mol. The van der Waals surface area contributed by atoms with Crippen LogP contribution in [0.3, 0.4) is 0 Å². The Morgan fingerprint density at radius 1 is 1.33 bits per heavy atom. The summed E-state index contributed by atoms with van der Waals surface area (Å²) in [6.07, 6.45) is 2.33. The summed E-state index contributed by atoms with van der Waals surface area (Å²) in [4.78, 5) is 11.5. The van der Waals surface area contributed by atoms with Crippen LogP contribution in [-0.2, 0) is 17.1 Å². The molecular formula is C13H17N3O4S. The first kappa shape index (κ1) is 14.3. The molecule has 0 atom stereocenters. The lowest BCUT2D eigenvalue weighted by Crippen LogP contribution is -2.32. The summed E-state index contributed by atoms with van der Waals surface area (Å²) >= 11 is 0. The Balaban J connectivity index is 1.75. The van der Waals surface area contributed by atoms with Crippen molar-refractivity contribution in [1.29, 1.82) is 0 Å². The molecule has 1 heterocycles. The molecule has 1 fully saturated rings. The van der Waals surface area contributed by atoms with Gasteiger partial charge in [-0.1, -0.05) is 0 Å². The minimum absolute atomic E-state index is 0.0933. The van der Waals surface area contributed by atoms with Gasteiger partial charge in [-0.05, 0) is 25.0 Å². The second kappa shape index (κ2) is 5.28. The monoisotopic (exact) mass is 311 g/mol. The Hall–Kier alpha value is -1.64. The summed E-state index contributed by atoms with van der Waals surface area (Å²) in [6, 6.07) is 4.95. The maximum Gasteiger partial charge on any atom is 0.419 e. The number of nitrogens with one attached hydrogen (secondary N) is 2. The fraction of sp³-hybridized carbons (Fsp3) is 0.462. The number of aromatic nitrogens is 1. The molecule has 2 aromatic rings. The van der Waals surface area contributed by atoms with Crippen molar-refractivity contribution in [1.82, 2.24) is 14.6 Å². The number of nitrogens with zero attached hydrogens (tertiary/aromatic N) is 1. The van der Waals surface area contributed by atoms with Crippen LogP contribution in [0.4, 0.5) is 0 Å². The average molecular weight is 311 g/mol. The summed E-state index contributed by atoms with van der Waals surface area (Å²) in [5.41, 5.74) is 0.829. The van der Waals surface area contributed by atoms with Gasteiger partial charge in [-0.25, -0.2) is 17.9 Å². The van der Waals surface area contributed by atoms with Crippen LogP contribution < -0.4 is 15.8 Å². The molecular weight excluding hydrogens is 294 g/mol. The summed E-state index contributed by atoms with van der Waals surface area (Å²) in [6.45, 7) is 0.933. The highest BCUT2D eigenvalue weighted by Gasteiger charge is 2.20. The molecule has 2 N–H and O–H groups in total. The van der Waals surface area contributed by atoms with E-state index >= 15 is 0 Å². The molecule has 1 aromatic carbocycles. The van der Waals surface area contributed by atoms with Gasteiger partial charge in [0.05, 0.1) is 10.4 Å². The molecule has 1 saturated carbocycles. The van der Waals surface area contributed by atoms with Gasteiger partial charge in [-0.2, -0.15) is 0 Å². The van der Waals surface area contributed by atoms with E-state index in [0.29, 0.717) is 24.6 Å². The molecule has 0 bridgehead atoms. The summed E-state index contributed by atoms with van der Waals surface area (Å²) in [7, 11) is -2.02. The summed E-state index contributed by atoms with van der Waals surface area (Å²) in [5.74, 6) is -0.513. The van der Waals surface area contributed by atoms with Gasteiger partial charge in [0.2, 0.25) is 10.0 Å². The molecule has 0 unspecified atom stereocenters. The Labute approximate surface area is 122 Å². The van der Waals surface area contributed by atoms with Crippen molar-refractivity contribution >= 4 is 21.1 Å². The number of oxazole rings is 1. The topological polar surface area (TPSA) is 93.3 Å². The van der Waals surface area contributed by atoms with Crippen molar-refractivity contribution in [2.45, 2.75) is 23.8 Å². The maximum absolute atomic E-state index is 12.2. The Morgan fingerprint density at radius 3 is 2.81 bits per heavy atom. The lowest BCUT2D eigenvalue weighted by molar-refractivity contribution is 0.527. The molecule has 0 spiro atoms. The SMILES string of the molecule is Cn1c(=O)oc2cc(S(=O)(=O)NCCNC3CC3)ccc21. The predicted octanol–water partition coefficient (Wildman–Crippen LogP) is 0.162. The minimum Gasteiger partial charge on any atom is -0.408 e. The standard InChI is InChI=1S/C13H17N3O4S/c1-16-11-5-4-10(8-12(11)20-13(16)17)21(18,19)15-7-6-14-9-2-3-9/h4-5,8-9,14-15H,2-3,6-7H2,1H3. The van der Waals surface area contributed by atoms with E-state index in [1.165, 1.54) is 16.7 Å². The van der Waals surface area contributed by atoms with Crippen LogP contribution in [0, 0.1) is 0 Å². The summed E-state index contributed by atoms with van der Waals surface area (Å²) < 4.78 is 33.2. The van der Waals surface area contributed by atoms with E-state index in [2.05, 4.69) is 10.0 Å². The normalized spacial score (nSPS) is 15.7. The van der Waals surface area contributed by atoms with Crippen molar-refractivity contribution < 1.29 is 12.8 Å². The highest BCUT2D eigenvalue weighted by atomic mass is 32.2. The second-order valence-electron chi connectivity index (χ2n) is 5.18. The molecule has 8 heteroatoms. The maximum atomic E-state index is 12.2. The minimum atomic E-state index is -3.59. The third-order valence-corrected chi connectivity index (χ3v) is 4.96. The van der Waals surface area contributed by atoms with Gasteiger partial charge >= 0.3 is 5.76 Å². The molecule has 1 aliphatic rings. The van der Waals surface area contributed by atoms with Gasteiger partial charge in [-0.15, -0.1) is 0 Å². The van der Waals surface area contributed by atoms with E-state index in [4.69, 9.17) is 4.42 Å². The number of rotatable bonds is 6. The first-order valence-electron chi connectivity index (χ1n) is 6.80. The third kappa shape index (κ3) is 3.02. The number of fused-ring (bicyclic) bond motifs is 1. The van der Waals surface area contributed by atoms with Crippen LogP contribution in [0.25, 0.3) is 11.1 Å². The third-order valence-electron chi connectivity index (χ3n) is 3.50. The van der Waals surface area contributed by atoms with Crippen molar-refractivity contribution in [3.8, 4) is 0 Å². The highest BCUT2D eigenvalue weighted by Crippen LogP contribution is 2.19. The van der Waals surface area contributed by atoms with Gasteiger partial charge in [0.15, 0.2) is 5.58 Å². The average Bonchev–Trinajstić information content (AvgIpc) is 3.22. The Bertz CT molecular complexity index is 818. The van der Waals surface area contributed by atoms with Crippen LogP contribution in [0.5, 0.6) is 0 Å². The molecule has 21 heavy (non-hydrogen) atoms. The van der Waals surface area contributed by atoms with Gasteiger partial charge in [0.1, 0.15) is 0 Å². The molecule has 1 aliphatic carbocycles. The largest absolute Gasteiger partial charge is 0.419 e. The van der Waals surface area contributed by atoms with Crippen LogP contribution in [0.2, 0.25) is 0 Å². The van der Waals surface area contributed by atoms with Crippen molar-refractivity contribution in [2.75, 3.05) is 13.1 Å². The highest BCUT2D eigenvalue weighted by molar-refractivity contribution is 7.89. The molecule has 0 aliphatic heterocycles. The molecule has 3 rings (SSSR count). The smallest absolute Gasteiger partial charge is 0.408 e. The van der Waals surface area contributed by atoms with Gasteiger partial charge in [0.25, 0.3) is 0 Å². The zero-order chi connectivity index (χ0) is 15.0. The van der Waals surface area contributed by atoms with Crippen LogP contribution in [0.15, 0.2) is 32.3 Å². The van der Waals surface area contributed by atoms with Crippen molar-refractivity contribution in [2.24, 2.45) is 7.05 Å². The Kier molecular flexibility index (Phi) is 3.60. The zero-order valence-electron chi connectivity index (χ0n) is 11.6. The van der Waals surface area contributed by atoms with E-state index < -0.39 is 15.8 Å². The molecule has 7 nitrogen and oxygen atoms in total. The van der Waals surface area contributed by atoms with Gasteiger partial charge in [-0.3, -0.25) is 4.57 Å². The first-order valence-corrected chi connectivity index (χ1v) is 8.28.